The molecule has 1 fully saturated rings. The first-order valence-electron chi connectivity index (χ1n) is 12.0. The molecule has 2 unspecified atom stereocenters. The SMILES string of the molecule is CC1CCC(CCc2ccccc2)S(=O)(=O)N1Cc1ccc(N2CCn3c(n[nH]c3=O)C2)cc1F. The summed E-state index contributed by atoms with van der Waals surface area (Å²) in [5, 5.41) is 6.02. The summed E-state index contributed by atoms with van der Waals surface area (Å²) in [4.78, 5) is 13.7. The van der Waals surface area contributed by atoms with E-state index in [2.05, 4.69) is 10.2 Å². The number of aromatic nitrogens is 3. The van der Waals surface area contributed by atoms with Crippen molar-refractivity contribution in [1.29, 1.82) is 0 Å². The van der Waals surface area contributed by atoms with Crippen LogP contribution in [0, 0.1) is 5.82 Å². The third kappa shape index (κ3) is 4.77. The normalized spacial score (nSPS) is 22.2. The van der Waals surface area contributed by atoms with Gasteiger partial charge in [0.1, 0.15) is 5.82 Å². The first-order valence-corrected chi connectivity index (χ1v) is 13.6. The van der Waals surface area contributed by atoms with Crippen LogP contribution >= 0.6 is 0 Å². The molecule has 0 bridgehead atoms. The molecule has 0 saturated carbocycles. The molecule has 1 N–H and O–H groups in total. The zero-order valence-corrected chi connectivity index (χ0v) is 20.5. The van der Waals surface area contributed by atoms with Crippen LogP contribution in [0.1, 0.15) is 43.1 Å². The molecule has 3 aromatic rings. The number of anilines is 1. The minimum Gasteiger partial charge on any atom is -0.362 e. The number of H-pyrrole nitrogens is 1. The maximum Gasteiger partial charge on any atom is 0.343 e. The summed E-state index contributed by atoms with van der Waals surface area (Å²) in [7, 11) is -3.55. The number of aromatic amines is 1. The van der Waals surface area contributed by atoms with Crippen LogP contribution in [-0.4, -0.2) is 45.3 Å². The fraction of sp³-hybridized carbons (Fsp3) is 0.440. The predicted molar refractivity (Wildman–Crippen MR) is 132 cm³/mol. The molecule has 2 aromatic carbocycles. The molecule has 3 heterocycles. The number of nitrogens with zero attached hydrogens (tertiary/aromatic N) is 4. The number of rotatable bonds is 6. The number of fused-ring (bicyclic) bond motifs is 1. The average Bonchev–Trinajstić information content (AvgIpc) is 3.22. The molecular formula is C25H30FN5O3S. The number of hydrogen-bond acceptors (Lipinski definition) is 5. The predicted octanol–water partition coefficient (Wildman–Crippen LogP) is 3.05. The molecule has 0 amide bonds. The van der Waals surface area contributed by atoms with Crippen LogP contribution in [0.4, 0.5) is 10.1 Å². The first kappa shape index (κ1) is 23.7. The van der Waals surface area contributed by atoms with E-state index in [1.165, 1.54) is 10.4 Å². The van der Waals surface area contributed by atoms with E-state index in [4.69, 9.17) is 0 Å². The topological polar surface area (TPSA) is 91.3 Å². The Morgan fingerprint density at radius 1 is 1.11 bits per heavy atom. The van der Waals surface area contributed by atoms with Gasteiger partial charge in [-0.15, -0.1) is 0 Å². The van der Waals surface area contributed by atoms with E-state index in [0.717, 1.165) is 12.0 Å². The molecule has 2 aliphatic rings. The highest BCUT2D eigenvalue weighted by atomic mass is 32.2. The van der Waals surface area contributed by atoms with Crippen molar-refractivity contribution in [3.05, 3.63) is 81.8 Å². The van der Waals surface area contributed by atoms with E-state index >= 15 is 4.39 Å². The van der Waals surface area contributed by atoms with Crippen molar-refractivity contribution in [3.8, 4) is 0 Å². The second-order valence-electron chi connectivity index (χ2n) is 9.46. The quantitative estimate of drug-likeness (QED) is 0.563. The lowest BCUT2D eigenvalue weighted by Gasteiger charge is -2.37. The van der Waals surface area contributed by atoms with E-state index < -0.39 is 21.1 Å². The smallest absolute Gasteiger partial charge is 0.343 e. The van der Waals surface area contributed by atoms with Crippen LogP contribution in [0.5, 0.6) is 0 Å². The Balaban J connectivity index is 1.30. The molecular weight excluding hydrogens is 469 g/mol. The first-order chi connectivity index (χ1) is 16.8. The maximum atomic E-state index is 15.2. The van der Waals surface area contributed by atoms with Crippen molar-refractivity contribution in [3.63, 3.8) is 0 Å². The van der Waals surface area contributed by atoms with E-state index in [0.29, 0.717) is 56.0 Å². The number of sulfonamides is 1. The molecule has 1 saturated heterocycles. The van der Waals surface area contributed by atoms with Gasteiger partial charge in [-0.05, 0) is 50.3 Å². The summed E-state index contributed by atoms with van der Waals surface area (Å²) >= 11 is 0. The van der Waals surface area contributed by atoms with Gasteiger partial charge in [-0.1, -0.05) is 36.4 Å². The maximum absolute atomic E-state index is 15.2. The molecule has 0 radical (unpaired) electrons. The average molecular weight is 500 g/mol. The van der Waals surface area contributed by atoms with Crippen LogP contribution in [-0.2, 0) is 36.1 Å². The Morgan fingerprint density at radius 2 is 1.91 bits per heavy atom. The van der Waals surface area contributed by atoms with Crippen LogP contribution in [0.15, 0.2) is 53.3 Å². The zero-order chi connectivity index (χ0) is 24.6. The van der Waals surface area contributed by atoms with Crippen LogP contribution < -0.4 is 10.6 Å². The minimum absolute atomic E-state index is 0.0242. The van der Waals surface area contributed by atoms with Gasteiger partial charge in [-0.3, -0.25) is 4.57 Å². The Hall–Kier alpha value is -2.98. The van der Waals surface area contributed by atoms with Crippen molar-refractivity contribution in [2.24, 2.45) is 0 Å². The Kier molecular flexibility index (Phi) is 6.50. The summed E-state index contributed by atoms with van der Waals surface area (Å²) < 4.78 is 45.1. The number of nitrogens with one attached hydrogen (secondary N) is 1. The molecule has 5 rings (SSSR count). The highest BCUT2D eigenvalue weighted by Crippen LogP contribution is 2.32. The van der Waals surface area contributed by atoms with Crippen LogP contribution in [0.2, 0.25) is 0 Å². The molecule has 186 valence electrons. The summed E-state index contributed by atoms with van der Waals surface area (Å²) in [5.74, 6) is 0.182. The molecule has 1 aromatic heterocycles. The largest absolute Gasteiger partial charge is 0.362 e. The highest BCUT2D eigenvalue weighted by molar-refractivity contribution is 7.89. The van der Waals surface area contributed by atoms with E-state index in [1.807, 2.05) is 48.2 Å². The van der Waals surface area contributed by atoms with E-state index in [1.54, 1.807) is 10.6 Å². The van der Waals surface area contributed by atoms with Crippen molar-refractivity contribution in [2.45, 2.75) is 63.5 Å². The van der Waals surface area contributed by atoms with Gasteiger partial charge in [0, 0.05) is 36.9 Å². The summed E-state index contributed by atoms with van der Waals surface area (Å²) in [6.45, 7) is 3.36. The third-order valence-electron chi connectivity index (χ3n) is 7.24. The van der Waals surface area contributed by atoms with E-state index in [9.17, 15) is 13.2 Å². The van der Waals surface area contributed by atoms with Crippen molar-refractivity contribution >= 4 is 15.7 Å². The number of hydrogen-bond donors (Lipinski definition) is 1. The fourth-order valence-corrected chi connectivity index (χ4v) is 7.25. The van der Waals surface area contributed by atoms with Gasteiger partial charge < -0.3 is 4.90 Å². The van der Waals surface area contributed by atoms with Gasteiger partial charge in [0.25, 0.3) is 0 Å². The van der Waals surface area contributed by atoms with Gasteiger partial charge in [-0.2, -0.15) is 9.40 Å². The number of benzene rings is 2. The zero-order valence-electron chi connectivity index (χ0n) is 19.7. The monoisotopic (exact) mass is 499 g/mol. The van der Waals surface area contributed by atoms with Gasteiger partial charge in [0.2, 0.25) is 10.0 Å². The molecule has 0 aliphatic carbocycles. The molecule has 8 nitrogen and oxygen atoms in total. The van der Waals surface area contributed by atoms with Gasteiger partial charge in [0.05, 0.1) is 11.8 Å². The summed E-state index contributed by atoms with van der Waals surface area (Å²) in [6, 6.07) is 14.7. The lowest BCUT2D eigenvalue weighted by atomic mass is 10.0. The Bertz CT molecular complexity index is 1350. The Morgan fingerprint density at radius 3 is 2.69 bits per heavy atom. The summed E-state index contributed by atoms with van der Waals surface area (Å²) in [5.41, 5.74) is 1.93. The second-order valence-corrected chi connectivity index (χ2v) is 11.6. The van der Waals surface area contributed by atoms with Gasteiger partial charge in [-0.25, -0.2) is 22.7 Å². The Labute approximate surface area is 204 Å². The van der Waals surface area contributed by atoms with Gasteiger partial charge in [0.15, 0.2) is 5.82 Å². The number of halogens is 1. The minimum atomic E-state index is -3.55. The van der Waals surface area contributed by atoms with Gasteiger partial charge >= 0.3 is 5.69 Å². The number of aryl methyl sites for hydroxylation is 1. The molecule has 35 heavy (non-hydrogen) atoms. The standard InChI is InChI=1S/C25H30FN5O3S/c1-18-7-11-22(12-8-19-5-3-2-4-6-19)35(33,34)31(18)16-20-9-10-21(15-23(20)26)29-13-14-30-24(17-29)27-28-25(30)32/h2-6,9-10,15,18,22H,7-8,11-14,16-17H2,1H3,(H,28,32). The lowest BCUT2D eigenvalue weighted by Crippen LogP contribution is -2.48. The fourth-order valence-electron chi connectivity index (χ4n) is 5.10. The molecule has 0 spiro atoms. The molecule has 2 aliphatic heterocycles. The highest BCUT2D eigenvalue weighted by Gasteiger charge is 2.39. The van der Waals surface area contributed by atoms with E-state index in [-0.39, 0.29) is 18.3 Å². The summed E-state index contributed by atoms with van der Waals surface area (Å²) in [6.07, 6.45) is 2.65. The third-order valence-corrected chi connectivity index (χ3v) is 9.69. The molecule has 2 atom stereocenters. The second kappa shape index (κ2) is 9.58. The van der Waals surface area contributed by atoms with Crippen LogP contribution in [0.3, 0.4) is 0 Å². The lowest BCUT2D eigenvalue weighted by molar-refractivity contribution is 0.276. The van der Waals surface area contributed by atoms with Crippen molar-refractivity contribution in [1.82, 2.24) is 19.1 Å². The van der Waals surface area contributed by atoms with Crippen molar-refractivity contribution < 1.29 is 12.8 Å². The van der Waals surface area contributed by atoms with Crippen molar-refractivity contribution in [2.75, 3.05) is 11.4 Å². The van der Waals surface area contributed by atoms with Crippen LogP contribution in [0.25, 0.3) is 0 Å². The molecule has 10 heteroatoms.